The summed E-state index contributed by atoms with van der Waals surface area (Å²) in [4.78, 5) is 35.6. The zero-order valence-electron chi connectivity index (χ0n) is 23.6. The first-order chi connectivity index (χ1) is 18.1. The Morgan fingerprint density at radius 3 is 2.33 bits per heavy atom. The number of carbonyl (C=O) groups is 2. The molecule has 210 valence electrons. The monoisotopic (exact) mass is 541 g/mol. The number of nitrogens with one attached hydrogen (secondary N) is 1. The second kappa shape index (κ2) is 11.4. The van der Waals surface area contributed by atoms with Crippen molar-refractivity contribution in [2.45, 2.75) is 72.1 Å². The van der Waals surface area contributed by atoms with Crippen molar-refractivity contribution in [1.29, 1.82) is 0 Å². The van der Waals surface area contributed by atoms with E-state index in [0.717, 1.165) is 10.6 Å². The molecule has 0 aliphatic carbocycles. The van der Waals surface area contributed by atoms with Gasteiger partial charge in [-0.25, -0.2) is 19.0 Å². The van der Waals surface area contributed by atoms with Crippen LogP contribution < -0.4 is 15.1 Å². The summed E-state index contributed by atoms with van der Waals surface area (Å²) < 4.78 is 25.8. The Hall–Kier alpha value is -3.92. The summed E-state index contributed by atoms with van der Waals surface area (Å²) in [6.07, 6.45) is 1.35. The predicted molar refractivity (Wildman–Crippen MR) is 148 cm³/mol. The Balaban J connectivity index is 2.05. The van der Waals surface area contributed by atoms with E-state index in [1.54, 1.807) is 71.9 Å². The molecule has 9 nitrogen and oxygen atoms in total. The fourth-order valence-corrected chi connectivity index (χ4v) is 3.84. The lowest BCUT2D eigenvalue weighted by atomic mass is 10.0. The molecule has 2 aromatic carbocycles. The van der Waals surface area contributed by atoms with Crippen molar-refractivity contribution in [2.24, 2.45) is 0 Å². The van der Waals surface area contributed by atoms with Crippen molar-refractivity contribution in [3.8, 4) is 5.75 Å². The molecule has 0 saturated heterocycles. The van der Waals surface area contributed by atoms with E-state index in [4.69, 9.17) is 14.3 Å². The zero-order chi connectivity index (χ0) is 29.1. The largest absolute Gasteiger partial charge is 0.494 e. The number of carboxylic acid groups (broad SMARTS) is 1. The highest BCUT2D eigenvalue weighted by atomic mass is 19.1. The highest BCUT2D eigenvalue weighted by Crippen LogP contribution is 2.33. The van der Waals surface area contributed by atoms with Crippen LogP contribution in [0.3, 0.4) is 0 Å². The third-order valence-electron chi connectivity index (χ3n) is 5.48. The lowest BCUT2D eigenvalue weighted by molar-refractivity contribution is -0.138. The number of methoxy groups -OCH3 is 1. The molecule has 1 unspecified atom stereocenters. The van der Waals surface area contributed by atoms with Gasteiger partial charge in [0.15, 0.2) is 23.4 Å². The molecule has 0 aliphatic heterocycles. The molecular formula is C29H36FN3O6. The van der Waals surface area contributed by atoms with E-state index in [-0.39, 0.29) is 17.1 Å². The van der Waals surface area contributed by atoms with E-state index < -0.39 is 35.1 Å². The Morgan fingerprint density at radius 2 is 1.77 bits per heavy atom. The number of nitrogens with zero attached hydrogens (tertiary/aromatic N) is 2. The molecule has 0 spiro atoms. The summed E-state index contributed by atoms with van der Waals surface area (Å²) >= 11 is 0. The van der Waals surface area contributed by atoms with Gasteiger partial charge in [0.05, 0.1) is 12.7 Å². The summed E-state index contributed by atoms with van der Waals surface area (Å²) in [5, 5.41) is 15.1. The fraction of sp³-hybridized carbons (Fsp3) is 0.414. The first kappa shape index (κ1) is 29.6. The normalized spacial score (nSPS) is 12.6. The Bertz CT molecular complexity index is 1360. The first-order valence-corrected chi connectivity index (χ1v) is 12.6. The maximum absolute atomic E-state index is 15.1. The van der Waals surface area contributed by atoms with Gasteiger partial charge in [-0.2, -0.15) is 0 Å². The zero-order valence-corrected chi connectivity index (χ0v) is 23.6. The van der Waals surface area contributed by atoms with E-state index in [1.165, 1.54) is 19.4 Å². The van der Waals surface area contributed by atoms with E-state index >= 15 is 4.39 Å². The number of carbonyl (C=O) groups excluding carboxylic acids is 1. The molecule has 1 atom stereocenters. The van der Waals surface area contributed by atoms with Crippen molar-refractivity contribution >= 4 is 34.3 Å². The van der Waals surface area contributed by atoms with Gasteiger partial charge in [-0.05, 0) is 95.3 Å². The van der Waals surface area contributed by atoms with Crippen LogP contribution in [0.25, 0.3) is 10.8 Å². The molecule has 3 aromatic rings. The van der Waals surface area contributed by atoms with Crippen molar-refractivity contribution in [3.63, 3.8) is 0 Å². The van der Waals surface area contributed by atoms with Crippen LogP contribution in [0.1, 0.15) is 65.6 Å². The molecule has 0 bridgehead atoms. The molecule has 1 heterocycles. The second-order valence-corrected chi connectivity index (χ2v) is 11.0. The van der Waals surface area contributed by atoms with Gasteiger partial charge in [-0.1, -0.05) is 6.92 Å². The van der Waals surface area contributed by atoms with E-state index in [9.17, 15) is 14.7 Å². The number of carboxylic acids is 1. The minimum Gasteiger partial charge on any atom is -0.494 e. The average molecular weight is 542 g/mol. The number of aromatic nitrogens is 1. The van der Waals surface area contributed by atoms with Crippen LogP contribution in [-0.2, 0) is 20.8 Å². The van der Waals surface area contributed by atoms with E-state index in [1.807, 2.05) is 6.92 Å². The van der Waals surface area contributed by atoms with E-state index in [0.29, 0.717) is 22.9 Å². The summed E-state index contributed by atoms with van der Waals surface area (Å²) in [5.41, 5.74) is -0.380. The number of pyridine rings is 1. The van der Waals surface area contributed by atoms with Gasteiger partial charge in [-0.3, -0.25) is 4.84 Å². The topological polar surface area (TPSA) is 110 Å². The van der Waals surface area contributed by atoms with Gasteiger partial charge in [0.25, 0.3) is 0 Å². The van der Waals surface area contributed by atoms with Gasteiger partial charge in [0.2, 0.25) is 0 Å². The molecule has 2 N–H and O–H groups in total. The average Bonchev–Trinajstić information content (AvgIpc) is 2.84. The summed E-state index contributed by atoms with van der Waals surface area (Å²) in [6.45, 7) is 12.5. The van der Waals surface area contributed by atoms with Crippen molar-refractivity contribution in [1.82, 2.24) is 4.98 Å². The van der Waals surface area contributed by atoms with Gasteiger partial charge < -0.3 is 19.9 Å². The van der Waals surface area contributed by atoms with Crippen LogP contribution in [-0.4, -0.2) is 40.5 Å². The maximum atomic E-state index is 15.1. The van der Waals surface area contributed by atoms with Crippen molar-refractivity contribution < 1.29 is 33.4 Å². The molecule has 1 amide bonds. The van der Waals surface area contributed by atoms with Crippen LogP contribution in [0.5, 0.6) is 5.75 Å². The van der Waals surface area contributed by atoms with Gasteiger partial charge >= 0.3 is 12.1 Å². The fourth-order valence-electron chi connectivity index (χ4n) is 3.84. The maximum Gasteiger partial charge on any atom is 0.440 e. The number of amides is 1. The summed E-state index contributed by atoms with van der Waals surface area (Å²) in [5.74, 6) is -1.80. The number of fused-ring (bicyclic) bond motifs is 1. The Morgan fingerprint density at radius 1 is 1.08 bits per heavy atom. The lowest BCUT2D eigenvalue weighted by Gasteiger charge is -2.31. The molecule has 0 fully saturated rings. The van der Waals surface area contributed by atoms with Crippen LogP contribution in [0.15, 0.2) is 42.6 Å². The molecular weight excluding hydrogens is 505 g/mol. The number of halogens is 1. The van der Waals surface area contributed by atoms with Gasteiger partial charge in [0.1, 0.15) is 5.60 Å². The third-order valence-corrected chi connectivity index (χ3v) is 5.48. The van der Waals surface area contributed by atoms with Crippen LogP contribution in [0.2, 0.25) is 0 Å². The minimum absolute atomic E-state index is 0.0206. The van der Waals surface area contributed by atoms with Crippen molar-refractivity contribution in [3.05, 3.63) is 59.5 Å². The molecule has 39 heavy (non-hydrogen) atoms. The number of benzene rings is 2. The third kappa shape index (κ3) is 7.35. The molecule has 0 aliphatic rings. The number of aryl methyl sites for hydroxylation is 1. The number of anilines is 2. The molecule has 0 radical (unpaired) electrons. The number of hydrogen-bond donors (Lipinski definition) is 2. The summed E-state index contributed by atoms with van der Waals surface area (Å²) in [6, 6.07) is 8.42. The first-order valence-electron chi connectivity index (χ1n) is 12.6. The number of hydrogen-bond acceptors (Lipinski definition) is 7. The van der Waals surface area contributed by atoms with E-state index in [2.05, 4.69) is 10.3 Å². The van der Waals surface area contributed by atoms with Crippen LogP contribution >= 0.6 is 0 Å². The predicted octanol–water partition coefficient (Wildman–Crippen LogP) is 6.65. The molecule has 1 aromatic heterocycles. The second-order valence-electron chi connectivity index (χ2n) is 11.0. The van der Waals surface area contributed by atoms with Crippen LogP contribution in [0.4, 0.5) is 20.7 Å². The molecule has 0 saturated carbocycles. The lowest BCUT2D eigenvalue weighted by Crippen LogP contribution is -2.42. The highest BCUT2D eigenvalue weighted by molar-refractivity contribution is 6.00. The number of rotatable bonds is 8. The number of hydroxylamine groups is 1. The summed E-state index contributed by atoms with van der Waals surface area (Å²) in [7, 11) is 1.34. The highest BCUT2D eigenvalue weighted by Gasteiger charge is 2.31. The van der Waals surface area contributed by atoms with Crippen LogP contribution in [0, 0.1) is 5.82 Å². The molecule has 3 rings (SSSR count). The minimum atomic E-state index is -1.38. The SMILES string of the molecule is CCc1cc(OC)c(F)c(C(Nc2ccc3c(N(OC(C)(C)C)C(=O)OC(C)(C)C)nccc3c2)C(=O)O)c1. The standard InChI is InChI=1S/C29H36FN3O6/c1-9-17-14-21(23(30)22(15-17)37-8)24(26(34)35)32-19-10-11-20-18(16-19)12-13-31-25(20)33(39-29(5,6)7)27(36)38-28(2,3)4/h10-16,24,32H,9H2,1-8H3,(H,34,35). The number of aliphatic carboxylic acids is 1. The number of ether oxygens (including phenoxy) is 2. The van der Waals surface area contributed by atoms with Crippen molar-refractivity contribution in [2.75, 3.05) is 17.5 Å². The smallest absolute Gasteiger partial charge is 0.440 e. The Labute approximate surface area is 227 Å². The molecule has 10 heteroatoms. The van der Waals surface area contributed by atoms with Gasteiger partial charge in [0, 0.05) is 22.8 Å². The quantitative estimate of drug-likeness (QED) is 0.305. The Kier molecular flexibility index (Phi) is 8.70. The van der Waals surface area contributed by atoms with Gasteiger partial charge in [-0.15, -0.1) is 5.06 Å².